The number of nitrogens with zero attached hydrogens (tertiary/aromatic N) is 1. The Balaban J connectivity index is 1.79. The first-order chi connectivity index (χ1) is 7.84. The standard InChI is InChI=1S/C12H15FN2O/c13-9-1-2-11-10(7-9)12(15-16-11)8-3-5-14-6-4-8/h1-2,7-8,10-11,14H,3-6H2. The zero-order valence-corrected chi connectivity index (χ0v) is 9.03. The Morgan fingerprint density at radius 2 is 2.19 bits per heavy atom. The number of allylic oxidation sites excluding steroid dienone is 2. The van der Waals surface area contributed by atoms with E-state index in [1.807, 2.05) is 0 Å². The Hall–Kier alpha value is -1.16. The van der Waals surface area contributed by atoms with Crippen LogP contribution in [0.3, 0.4) is 0 Å². The van der Waals surface area contributed by atoms with Crippen molar-refractivity contribution in [2.45, 2.75) is 18.9 Å². The Bertz CT molecular complexity index is 369. The van der Waals surface area contributed by atoms with Crippen molar-refractivity contribution in [3.05, 3.63) is 24.1 Å². The van der Waals surface area contributed by atoms with Crippen molar-refractivity contribution in [2.24, 2.45) is 17.0 Å². The fourth-order valence-electron chi connectivity index (χ4n) is 2.63. The van der Waals surface area contributed by atoms with E-state index in [0.717, 1.165) is 31.6 Å². The van der Waals surface area contributed by atoms with Gasteiger partial charge in [-0.1, -0.05) is 5.16 Å². The summed E-state index contributed by atoms with van der Waals surface area (Å²) in [5, 5.41) is 7.48. The number of hydrogen-bond donors (Lipinski definition) is 1. The first-order valence-corrected chi connectivity index (χ1v) is 5.84. The summed E-state index contributed by atoms with van der Waals surface area (Å²) in [6.45, 7) is 2.03. The van der Waals surface area contributed by atoms with Crippen molar-refractivity contribution >= 4 is 5.71 Å². The van der Waals surface area contributed by atoms with E-state index in [4.69, 9.17) is 4.84 Å². The average Bonchev–Trinajstić information content (AvgIpc) is 2.73. The molecule has 4 heteroatoms. The largest absolute Gasteiger partial charge is 0.387 e. The summed E-state index contributed by atoms with van der Waals surface area (Å²) in [5.74, 6) is 0.299. The van der Waals surface area contributed by atoms with E-state index < -0.39 is 0 Å². The molecule has 0 spiro atoms. The minimum absolute atomic E-state index is 0.0214. The SMILES string of the molecule is FC1=CC2C(C3CCNCC3)=NOC2C=C1. The average molecular weight is 222 g/mol. The van der Waals surface area contributed by atoms with Crippen molar-refractivity contribution in [2.75, 3.05) is 13.1 Å². The smallest absolute Gasteiger partial charge is 0.157 e. The second-order valence-corrected chi connectivity index (χ2v) is 4.55. The van der Waals surface area contributed by atoms with E-state index in [9.17, 15) is 4.39 Å². The molecule has 0 aromatic heterocycles. The van der Waals surface area contributed by atoms with Gasteiger partial charge in [0.25, 0.3) is 0 Å². The van der Waals surface area contributed by atoms with E-state index in [0.29, 0.717) is 5.92 Å². The van der Waals surface area contributed by atoms with Crippen molar-refractivity contribution in [3.63, 3.8) is 0 Å². The van der Waals surface area contributed by atoms with E-state index in [1.165, 1.54) is 6.08 Å². The van der Waals surface area contributed by atoms with Gasteiger partial charge in [-0.2, -0.15) is 0 Å². The lowest BCUT2D eigenvalue weighted by Gasteiger charge is -2.25. The number of hydrogen-bond acceptors (Lipinski definition) is 3. The summed E-state index contributed by atoms with van der Waals surface area (Å²) < 4.78 is 13.2. The van der Waals surface area contributed by atoms with Gasteiger partial charge < -0.3 is 10.2 Å². The lowest BCUT2D eigenvalue weighted by atomic mass is 9.82. The molecule has 2 atom stereocenters. The summed E-state index contributed by atoms with van der Waals surface area (Å²) >= 11 is 0. The van der Waals surface area contributed by atoms with Crippen LogP contribution in [0.1, 0.15) is 12.8 Å². The number of oxime groups is 1. The Labute approximate surface area is 94.0 Å². The van der Waals surface area contributed by atoms with Crippen molar-refractivity contribution in [1.82, 2.24) is 5.32 Å². The summed E-state index contributed by atoms with van der Waals surface area (Å²) in [4.78, 5) is 5.34. The zero-order chi connectivity index (χ0) is 11.0. The fraction of sp³-hybridized carbons (Fsp3) is 0.583. The lowest BCUT2D eigenvalue weighted by Crippen LogP contribution is -2.35. The molecule has 1 fully saturated rings. The minimum atomic E-state index is -0.173. The van der Waals surface area contributed by atoms with Crippen LogP contribution in [-0.2, 0) is 4.84 Å². The normalized spacial score (nSPS) is 34.1. The number of piperidine rings is 1. The second kappa shape index (κ2) is 4.01. The molecule has 3 rings (SSSR count). The van der Waals surface area contributed by atoms with Gasteiger partial charge in [-0.3, -0.25) is 0 Å². The predicted molar refractivity (Wildman–Crippen MR) is 59.7 cm³/mol. The molecule has 0 aromatic carbocycles. The first-order valence-electron chi connectivity index (χ1n) is 5.84. The van der Waals surface area contributed by atoms with Gasteiger partial charge in [0.1, 0.15) is 5.83 Å². The molecule has 86 valence electrons. The quantitative estimate of drug-likeness (QED) is 0.733. The Morgan fingerprint density at radius 3 is 3.00 bits per heavy atom. The van der Waals surface area contributed by atoms with Gasteiger partial charge >= 0.3 is 0 Å². The monoisotopic (exact) mass is 222 g/mol. The Kier molecular flexibility index (Phi) is 2.52. The third kappa shape index (κ3) is 1.67. The van der Waals surface area contributed by atoms with Crippen LogP contribution in [0.4, 0.5) is 4.39 Å². The first kappa shape index (κ1) is 10.0. The lowest BCUT2D eigenvalue weighted by molar-refractivity contribution is 0.104. The number of halogens is 1. The van der Waals surface area contributed by atoms with E-state index >= 15 is 0 Å². The minimum Gasteiger partial charge on any atom is -0.387 e. The van der Waals surface area contributed by atoms with Crippen LogP contribution in [0.2, 0.25) is 0 Å². The summed E-state index contributed by atoms with van der Waals surface area (Å²) in [6.07, 6.45) is 6.93. The molecule has 2 aliphatic heterocycles. The fourth-order valence-corrected chi connectivity index (χ4v) is 2.63. The van der Waals surface area contributed by atoms with Crippen molar-refractivity contribution < 1.29 is 9.23 Å². The van der Waals surface area contributed by atoms with Gasteiger partial charge in [0, 0.05) is 5.92 Å². The summed E-state index contributed by atoms with van der Waals surface area (Å²) in [5.41, 5.74) is 1.03. The second-order valence-electron chi connectivity index (χ2n) is 4.55. The number of rotatable bonds is 1. The van der Waals surface area contributed by atoms with Crippen molar-refractivity contribution in [3.8, 4) is 0 Å². The maximum absolute atomic E-state index is 13.2. The highest BCUT2D eigenvalue weighted by molar-refractivity contribution is 5.92. The van der Waals surface area contributed by atoms with Crippen LogP contribution in [0.5, 0.6) is 0 Å². The molecule has 0 aromatic rings. The topological polar surface area (TPSA) is 33.6 Å². The summed E-state index contributed by atoms with van der Waals surface area (Å²) in [7, 11) is 0. The zero-order valence-electron chi connectivity index (χ0n) is 9.03. The highest BCUT2D eigenvalue weighted by atomic mass is 19.1. The van der Waals surface area contributed by atoms with Crippen LogP contribution < -0.4 is 5.32 Å². The molecule has 2 heterocycles. The third-order valence-electron chi connectivity index (χ3n) is 3.52. The van der Waals surface area contributed by atoms with E-state index in [-0.39, 0.29) is 17.8 Å². The van der Waals surface area contributed by atoms with Gasteiger partial charge in [-0.05, 0) is 44.2 Å². The number of fused-ring (bicyclic) bond motifs is 1. The van der Waals surface area contributed by atoms with Gasteiger partial charge in [0.2, 0.25) is 0 Å². The molecular weight excluding hydrogens is 207 g/mol. The van der Waals surface area contributed by atoms with Gasteiger partial charge in [-0.25, -0.2) is 4.39 Å². The highest BCUT2D eigenvalue weighted by Gasteiger charge is 2.37. The molecule has 0 radical (unpaired) electrons. The van der Waals surface area contributed by atoms with Gasteiger partial charge in [0.15, 0.2) is 6.10 Å². The molecule has 3 nitrogen and oxygen atoms in total. The highest BCUT2D eigenvalue weighted by Crippen LogP contribution is 2.32. The molecule has 1 saturated heterocycles. The van der Waals surface area contributed by atoms with Crippen LogP contribution in [0, 0.1) is 11.8 Å². The molecule has 0 saturated carbocycles. The predicted octanol–water partition coefficient (Wildman–Crippen LogP) is 1.78. The van der Waals surface area contributed by atoms with Crippen LogP contribution >= 0.6 is 0 Å². The molecule has 0 amide bonds. The van der Waals surface area contributed by atoms with Crippen LogP contribution in [0.25, 0.3) is 0 Å². The molecule has 0 bridgehead atoms. The van der Waals surface area contributed by atoms with Gasteiger partial charge in [0.05, 0.1) is 11.6 Å². The molecule has 1 aliphatic carbocycles. The molecular formula is C12H15FN2O. The third-order valence-corrected chi connectivity index (χ3v) is 3.52. The van der Waals surface area contributed by atoms with Crippen molar-refractivity contribution in [1.29, 1.82) is 0 Å². The number of nitrogens with one attached hydrogen (secondary N) is 1. The molecule has 1 N–H and O–H groups in total. The summed E-state index contributed by atoms with van der Waals surface area (Å²) in [6, 6.07) is 0. The Morgan fingerprint density at radius 1 is 1.38 bits per heavy atom. The molecule has 16 heavy (non-hydrogen) atoms. The maximum Gasteiger partial charge on any atom is 0.157 e. The molecule has 2 unspecified atom stereocenters. The maximum atomic E-state index is 13.2. The van der Waals surface area contributed by atoms with Gasteiger partial charge in [-0.15, -0.1) is 0 Å². The molecule has 3 aliphatic rings. The van der Waals surface area contributed by atoms with E-state index in [1.54, 1.807) is 12.2 Å². The van der Waals surface area contributed by atoms with Crippen LogP contribution in [0.15, 0.2) is 29.2 Å². The van der Waals surface area contributed by atoms with Crippen LogP contribution in [-0.4, -0.2) is 24.9 Å². The van der Waals surface area contributed by atoms with E-state index in [2.05, 4.69) is 10.5 Å².